The van der Waals surface area contributed by atoms with E-state index in [1.807, 2.05) is 6.07 Å². The summed E-state index contributed by atoms with van der Waals surface area (Å²) >= 11 is 0. The summed E-state index contributed by atoms with van der Waals surface area (Å²) in [4.78, 5) is 30.8. The van der Waals surface area contributed by atoms with E-state index in [-0.39, 0.29) is 11.5 Å². The first-order chi connectivity index (χ1) is 9.64. The van der Waals surface area contributed by atoms with Gasteiger partial charge in [0.25, 0.3) is 0 Å². The summed E-state index contributed by atoms with van der Waals surface area (Å²) in [5.41, 5.74) is 0.993. The van der Waals surface area contributed by atoms with E-state index in [1.54, 1.807) is 18.2 Å². The lowest BCUT2D eigenvalue weighted by Crippen LogP contribution is -2.13. The van der Waals surface area contributed by atoms with E-state index in [4.69, 9.17) is 9.68 Å². The van der Waals surface area contributed by atoms with Gasteiger partial charge in [0.15, 0.2) is 5.58 Å². The predicted molar refractivity (Wildman–Crippen MR) is 69.7 cm³/mol. The zero-order valence-corrected chi connectivity index (χ0v) is 9.93. The number of aromatic nitrogens is 3. The Morgan fingerprint density at radius 1 is 1.25 bits per heavy atom. The topological polar surface area (TPSA) is 128 Å². The second-order valence-corrected chi connectivity index (χ2v) is 3.95. The van der Waals surface area contributed by atoms with Crippen LogP contribution in [0.2, 0.25) is 0 Å². The van der Waals surface area contributed by atoms with Crippen molar-refractivity contribution in [3.8, 4) is 6.07 Å². The molecule has 20 heavy (non-hydrogen) atoms. The lowest BCUT2D eigenvalue weighted by atomic mass is 10.3. The number of rotatable bonds is 2. The molecule has 0 aliphatic rings. The Labute approximate surface area is 110 Å². The van der Waals surface area contributed by atoms with Gasteiger partial charge in [-0.3, -0.25) is 9.97 Å². The maximum absolute atomic E-state index is 11.3. The number of benzene rings is 1. The van der Waals surface area contributed by atoms with Crippen LogP contribution >= 0.6 is 0 Å². The lowest BCUT2D eigenvalue weighted by molar-refractivity contribution is 0.555. The summed E-state index contributed by atoms with van der Waals surface area (Å²) in [6.07, 6.45) is 0. The normalized spacial score (nSPS) is 10.3. The van der Waals surface area contributed by atoms with Gasteiger partial charge in [0.2, 0.25) is 0 Å². The van der Waals surface area contributed by atoms with Crippen LogP contribution in [0.25, 0.3) is 11.1 Å². The van der Waals surface area contributed by atoms with Crippen LogP contribution in [0.15, 0.2) is 38.3 Å². The van der Waals surface area contributed by atoms with Crippen LogP contribution < -0.4 is 16.8 Å². The quantitative estimate of drug-likeness (QED) is 0.631. The fourth-order valence-electron chi connectivity index (χ4n) is 1.75. The van der Waals surface area contributed by atoms with Crippen LogP contribution in [0, 0.1) is 11.3 Å². The Kier molecular flexibility index (Phi) is 2.58. The molecular formula is C12H7N5O3. The van der Waals surface area contributed by atoms with E-state index >= 15 is 0 Å². The van der Waals surface area contributed by atoms with Gasteiger partial charge >= 0.3 is 11.4 Å². The van der Waals surface area contributed by atoms with Crippen LogP contribution in [-0.4, -0.2) is 15.0 Å². The molecule has 1 aromatic carbocycles. The van der Waals surface area contributed by atoms with Crippen molar-refractivity contribution in [3.05, 3.63) is 51.0 Å². The molecule has 3 rings (SSSR count). The first-order valence-corrected chi connectivity index (χ1v) is 5.55. The van der Waals surface area contributed by atoms with Gasteiger partial charge in [-0.1, -0.05) is 0 Å². The van der Waals surface area contributed by atoms with Gasteiger partial charge < -0.3 is 9.73 Å². The minimum Gasteiger partial charge on any atom is -0.408 e. The Hall–Kier alpha value is -3.34. The van der Waals surface area contributed by atoms with E-state index < -0.39 is 11.4 Å². The molecule has 0 amide bonds. The molecular weight excluding hydrogens is 262 g/mol. The molecule has 0 bridgehead atoms. The van der Waals surface area contributed by atoms with E-state index in [1.165, 1.54) is 6.07 Å². The van der Waals surface area contributed by atoms with Crippen LogP contribution in [0.1, 0.15) is 5.69 Å². The summed E-state index contributed by atoms with van der Waals surface area (Å²) < 4.78 is 4.92. The van der Waals surface area contributed by atoms with E-state index in [0.717, 1.165) is 0 Å². The van der Waals surface area contributed by atoms with Gasteiger partial charge in [0.1, 0.15) is 17.6 Å². The van der Waals surface area contributed by atoms with Gasteiger partial charge in [-0.05, 0) is 12.1 Å². The largest absolute Gasteiger partial charge is 0.417 e. The molecule has 0 atom stereocenters. The SMILES string of the molecule is N#Cc1cc(Nc2ccc3[nH]c(=O)oc3c2)nc(=O)[nH]1. The highest BCUT2D eigenvalue weighted by molar-refractivity contribution is 5.78. The van der Waals surface area contributed by atoms with Crippen molar-refractivity contribution in [2.45, 2.75) is 0 Å². The van der Waals surface area contributed by atoms with E-state index in [9.17, 15) is 9.59 Å². The van der Waals surface area contributed by atoms with Crippen LogP contribution in [0.4, 0.5) is 11.5 Å². The highest BCUT2D eigenvalue weighted by Crippen LogP contribution is 2.19. The second kappa shape index (κ2) is 4.40. The fourth-order valence-corrected chi connectivity index (χ4v) is 1.75. The van der Waals surface area contributed by atoms with Crippen LogP contribution in [0.3, 0.4) is 0 Å². The lowest BCUT2D eigenvalue weighted by Gasteiger charge is -2.04. The first kappa shape index (κ1) is 11.7. The molecule has 8 nitrogen and oxygen atoms in total. The van der Waals surface area contributed by atoms with Crippen molar-refractivity contribution >= 4 is 22.6 Å². The molecule has 3 aromatic rings. The summed E-state index contributed by atoms with van der Waals surface area (Å²) in [5.74, 6) is -0.319. The number of nitriles is 1. The monoisotopic (exact) mass is 269 g/mol. The molecule has 0 radical (unpaired) electrons. The number of H-pyrrole nitrogens is 2. The number of hydrogen-bond donors (Lipinski definition) is 3. The molecule has 8 heteroatoms. The zero-order chi connectivity index (χ0) is 14.1. The molecule has 0 fully saturated rings. The molecule has 2 heterocycles. The minimum absolute atomic E-state index is 0.0988. The fraction of sp³-hybridized carbons (Fsp3) is 0. The van der Waals surface area contributed by atoms with Crippen molar-refractivity contribution in [1.29, 1.82) is 5.26 Å². The molecule has 0 saturated heterocycles. The van der Waals surface area contributed by atoms with E-state index in [0.29, 0.717) is 16.8 Å². The van der Waals surface area contributed by atoms with Crippen molar-refractivity contribution in [1.82, 2.24) is 15.0 Å². The Morgan fingerprint density at radius 2 is 2.10 bits per heavy atom. The molecule has 0 aliphatic heterocycles. The van der Waals surface area contributed by atoms with E-state index in [2.05, 4.69) is 20.3 Å². The highest BCUT2D eigenvalue weighted by atomic mass is 16.4. The Morgan fingerprint density at radius 3 is 2.90 bits per heavy atom. The summed E-state index contributed by atoms with van der Waals surface area (Å²) in [6.45, 7) is 0. The van der Waals surface area contributed by atoms with Crippen molar-refractivity contribution < 1.29 is 4.42 Å². The second-order valence-electron chi connectivity index (χ2n) is 3.95. The van der Waals surface area contributed by atoms with Crippen molar-refractivity contribution in [2.24, 2.45) is 0 Å². The van der Waals surface area contributed by atoms with Gasteiger partial charge in [-0.2, -0.15) is 10.2 Å². The predicted octanol–water partition coefficient (Wildman–Crippen LogP) is 0.820. The Bertz CT molecular complexity index is 944. The van der Waals surface area contributed by atoms with Gasteiger partial charge in [-0.25, -0.2) is 9.59 Å². The average molecular weight is 269 g/mol. The number of oxazole rings is 1. The first-order valence-electron chi connectivity index (χ1n) is 5.55. The summed E-state index contributed by atoms with van der Waals surface area (Å²) in [5, 5.41) is 11.6. The minimum atomic E-state index is -0.624. The van der Waals surface area contributed by atoms with Gasteiger partial charge in [-0.15, -0.1) is 0 Å². The third-order valence-electron chi connectivity index (χ3n) is 2.56. The number of aromatic amines is 2. The van der Waals surface area contributed by atoms with Crippen molar-refractivity contribution in [2.75, 3.05) is 5.32 Å². The standard InChI is InChI=1S/C12H7N5O3/c13-5-7-4-10(17-11(18)15-7)14-6-1-2-8-9(3-6)20-12(19)16-8/h1-4H,(H,16,19)(H2,14,15,17,18). The molecule has 0 spiro atoms. The molecule has 3 N–H and O–H groups in total. The summed E-state index contributed by atoms with van der Waals surface area (Å²) in [6, 6.07) is 8.15. The summed E-state index contributed by atoms with van der Waals surface area (Å²) in [7, 11) is 0. The zero-order valence-electron chi connectivity index (χ0n) is 9.93. The molecule has 98 valence electrons. The third-order valence-corrected chi connectivity index (χ3v) is 2.56. The maximum atomic E-state index is 11.3. The highest BCUT2D eigenvalue weighted by Gasteiger charge is 2.04. The van der Waals surface area contributed by atoms with Gasteiger partial charge in [0.05, 0.1) is 5.52 Å². The molecule has 2 aromatic heterocycles. The number of nitrogens with one attached hydrogen (secondary N) is 3. The number of anilines is 2. The van der Waals surface area contributed by atoms with Crippen LogP contribution in [-0.2, 0) is 0 Å². The van der Waals surface area contributed by atoms with Crippen molar-refractivity contribution in [3.63, 3.8) is 0 Å². The molecule has 0 aliphatic carbocycles. The molecule has 0 unspecified atom stereocenters. The van der Waals surface area contributed by atoms with Crippen LogP contribution in [0.5, 0.6) is 0 Å². The number of fused-ring (bicyclic) bond motifs is 1. The molecule has 0 saturated carbocycles. The smallest absolute Gasteiger partial charge is 0.408 e. The van der Waals surface area contributed by atoms with Gasteiger partial charge in [0, 0.05) is 17.8 Å². The number of hydrogen-bond acceptors (Lipinski definition) is 6. The average Bonchev–Trinajstić information content (AvgIpc) is 2.77. The number of nitrogens with zero attached hydrogens (tertiary/aromatic N) is 2. The Balaban J connectivity index is 2.00. The third kappa shape index (κ3) is 2.15. The maximum Gasteiger partial charge on any atom is 0.417 e.